The third kappa shape index (κ3) is 4.07. The topological polar surface area (TPSA) is 75.3 Å². The summed E-state index contributed by atoms with van der Waals surface area (Å²) in [6, 6.07) is 2.75. The minimum Gasteiger partial charge on any atom is -0.468 e. The Bertz CT molecular complexity index is 786. The number of alkyl halides is 3. The molecule has 2 aromatic rings. The molecule has 0 aliphatic heterocycles. The number of esters is 1. The number of methoxy groups -OCH3 is 1. The highest BCUT2D eigenvalue weighted by atomic mass is 19.4. The van der Waals surface area contributed by atoms with Crippen molar-refractivity contribution in [1.29, 1.82) is 0 Å². The van der Waals surface area contributed by atoms with Gasteiger partial charge in [0.05, 0.1) is 36.7 Å². The van der Waals surface area contributed by atoms with E-state index in [-0.39, 0.29) is 29.8 Å². The maximum Gasteiger partial charge on any atom is 0.416 e. The second-order valence-electron chi connectivity index (χ2n) is 4.99. The highest BCUT2D eigenvalue weighted by Gasteiger charge is 2.30. The number of aromatic amines is 1. The summed E-state index contributed by atoms with van der Waals surface area (Å²) in [5, 5.41) is 0.0670. The van der Waals surface area contributed by atoms with Gasteiger partial charge in [-0.1, -0.05) is 0 Å². The van der Waals surface area contributed by atoms with Crippen molar-refractivity contribution in [2.45, 2.75) is 12.7 Å². The number of rotatable bonds is 4. The molecule has 0 aliphatic carbocycles. The highest BCUT2D eigenvalue weighted by Crippen LogP contribution is 2.30. The van der Waals surface area contributed by atoms with E-state index in [1.54, 1.807) is 7.05 Å². The number of fused-ring (bicyclic) bond motifs is 1. The number of likely N-dealkylation sites (N-methyl/N-ethyl adjacent to an activating group) is 1. The van der Waals surface area contributed by atoms with E-state index in [0.717, 1.165) is 18.2 Å². The van der Waals surface area contributed by atoms with Crippen molar-refractivity contribution < 1.29 is 22.7 Å². The molecule has 124 valence electrons. The van der Waals surface area contributed by atoms with Crippen molar-refractivity contribution in [3.05, 3.63) is 39.9 Å². The average molecular weight is 329 g/mol. The molecule has 1 aromatic carbocycles. The fraction of sp³-hybridized carbons (Fsp3) is 0.357. The lowest BCUT2D eigenvalue weighted by Gasteiger charge is -2.14. The molecular formula is C14H14F3N3O3. The van der Waals surface area contributed by atoms with Crippen LogP contribution in [-0.2, 0) is 22.3 Å². The molecule has 1 heterocycles. The van der Waals surface area contributed by atoms with E-state index in [0.29, 0.717) is 0 Å². The fourth-order valence-corrected chi connectivity index (χ4v) is 2.04. The molecule has 0 saturated carbocycles. The van der Waals surface area contributed by atoms with E-state index in [2.05, 4.69) is 14.7 Å². The normalized spacial score (nSPS) is 11.9. The fourth-order valence-electron chi connectivity index (χ4n) is 2.04. The summed E-state index contributed by atoms with van der Waals surface area (Å²) in [5.74, 6) is -0.316. The molecule has 1 N–H and O–H groups in total. The first-order valence-electron chi connectivity index (χ1n) is 6.56. The van der Waals surface area contributed by atoms with Gasteiger partial charge in [0.2, 0.25) is 0 Å². The molecule has 0 unspecified atom stereocenters. The van der Waals surface area contributed by atoms with Crippen molar-refractivity contribution in [3.8, 4) is 0 Å². The van der Waals surface area contributed by atoms with E-state index in [4.69, 9.17) is 0 Å². The predicted octanol–water partition coefficient (Wildman–Crippen LogP) is 1.55. The van der Waals surface area contributed by atoms with Gasteiger partial charge in [0.15, 0.2) is 0 Å². The number of halogens is 3. The summed E-state index contributed by atoms with van der Waals surface area (Å²) < 4.78 is 42.7. The van der Waals surface area contributed by atoms with Crippen LogP contribution in [0, 0.1) is 0 Å². The van der Waals surface area contributed by atoms with Gasteiger partial charge in [-0.2, -0.15) is 13.2 Å². The number of carbonyl (C=O) groups is 1. The molecule has 0 aliphatic rings. The predicted molar refractivity (Wildman–Crippen MR) is 75.7 cm³/mol. The quantitative estimate of drug-likeness (QED) is 0.862. The smallest absolute Gasteiger partial charge is 0.416 e. The zero-order valence-corrected chi connectivity index (χ0v) is 12.4. The van der Waals surface area contributed by atoms with E-state index < -0.39 is 23.3 Å². The van der Waals surface area contributed by atoms with Gasteiger partial charge in [-0.15, -0.1) is 0 Å². The zero-order valence-electron chi connectivity index (χ0n) is 12.4. The molecule has 0 amide bonds. The van der Waals surface area contributed by atoms with Gasteiger partial charge in [0.25, 0.3) is 5.56 Å². The molecule has 0 fully saturated rings. The van der Waals surface area contributed by atoms with Crippen LogP contribution >= 0.6 is 0 Å². The number of nitrogens with zero attached hydrogens (tertiary/aromatic N) is 2. The van der Waals surface area contributed by atoms with E-state index in [1.165, 1.54) is 12.0 Å². The SMILES string of the molecule is COC(=O)CN(C)Cc1nc2cc(C(F)(F)F)ccc2c(=O)[nH]1. The lowest BCUT2D eigenvalue weighted by molar-refractivity contribution is -0.141. The molecule has 9 heteroatoms. The monoisotopic (exact) mass is 329 g/mol. The number of nitrogens with one attached hydrogen (secondary N) is 1. The van der Waals surface area contributed by atoms with Gasteiger partial charge in [-0.05, 0) is 25.2 Å². The van der Waals surface area contributed by atoms with Crippen LogP contribution in [0.1, 0.15) is 11.4 Å². The van der Waals surface area contributed by atoms with Gasteiger partial charge in [-0.25, -0.2) is 4.98 Å². The Balaban J connectivity index is 2.35. The summed E-state index contributed by atoms with van der Waals surface area (Å²) in [6.45, 7) is 0.0391. The molecule has 23 heavy (non-hydrogen) atoms. The molecule has 1 aromatic heterocycles. The first kappa shape index (κ1) is 16.9. The number of ether oxygens (including phenoxy) is 1. The molecule has 0 atom stereocenters. The number of hydrogen-bond donors (Lipinski definition) is 1. The number of carbonyl (C=O) groups excluding carboxylic acids is 1. The van der Waals surface area contributed by atoms with Crippen LogP contribution in [-0.4, -0.2) is 41.5 Å². The van der Waals surface area contributed by atoms with Crippen LogP contribution < -0.4 is 5.56 Å². The van der Waals surface area contributed by atoms with Crippen molar-refractivity contribution in [2.24, 2.45) is 0 Å². The second kappa shape index (κ2) is 6.37. The summed E-state index contributed by atoms with van der Waals surface area (Å²) in [6.07, 6.45) is -4.51. The standard InChI is InChI=1S/C14H14F3N3O3/c1-20(7-12(21)23-2)6-11-18-10-5-8(14(15,16)17)3-4-9(10)13(22)19-11/h3-5H,6-7H2,1-2H3,(H,18,19,22). The van der Waals surface area contributed by atoms with Gasteiger partial charge in [0, 0.05) is 0 Å². The summed E-state index contributed by atoms with van der Waals surface area (Å²) in [7, 11) is 2.83. The van der Waals surface area contributed by atoms with E-state index >= 15 is 0 Å². The third-order valence-electron chi connectivity index (χ3n) is 3.13. The largest absolute Gasteiger partial charge is 0.468 e. The van der Waals surface area contributed by atoms with Gasteiger partial charge < -0.3 is 9.72 Å². The number of hydrogen-bond acceptors (Lipinski definition) is 5. The second-order valence-corrected chi connectivity index (χ2v) is 4.99. The third-order valence-corrected chi connectivity index (χ3v) is 3.13. The Morgan fingerprint density at radius 3 is 2.70 bits per heavy atom. The molecule has 0 radical (unpaired) electrons. The van der Waals surface area contributed by atoms with E-state index in [9.17, 15) is 22.8 Å². The first-order valence-corrected chi connectivity index (χ1v) is 6.56. The Hall–Kier alpha value is -2.42. The van der Waals surface area contributed by atoms with Crippen LogP contribution in [0.5, 0.6) is 0 Å². The van der Waals surface area contributed by atoms with Crippen LogP contribution in [0.15, 0.2) is 23.0 Å². The van der Waals surface area contributed by atoms with Crippen LogP contribution in [0.4, 0.5) is 13.2 Å². The molecule has 0 spiro atoms. The maximum atomic E-state index is 12.7. The minimum atomic E-state index is -4.51. The Morgan fingerprint density at radius 1 is 1.39 bits per heavy atom. The van der Waals surface area contributed by atoms with Crippen molar-refractivity contribution in [1.82, 2.24) is 14.9 Å². The molecule has 0 saturated heterocycles. The van der Waals surface area contributed by atoms with Crippen molar-refractivity contribution in [2.75, 3.05) is 20.7 Å². The lowest BCUT2D eigenvalue weighted by atomic mass is 10.1. The highest BCUT2D eigenvalue weighted by molar-refractivity contribution is 5.78. The van der Waals surface area contributed by atoms with Crippen molar-refractivity contribution in [3.63, 3.8) is 0 Å². The van der Waals surface area contributed by atoms with Crippen LogP contribution in [0.25, 0.3) is 10.9 Å². The zero-order chi connectivity index (χ0) is 17.2. The maximum absolute atomic E-state index is 12.7. The Labute approximate surface area is 128 Å². The average Bonchev–Trinajstić information content (AvgIpc) is 2.45. The van der Waals surface area contributed by atoms with Gasteiger partial charge in [-0.3, -0.25) is 14.5 Å². The Kier molecular flexibility index (Phi) is 4.69. The Morgan fingerprint density at radius 2 is 2.09 bits per heavy atom. The molecule has 6 nitrogen and oxygen atoms in total. The summed E-state index contributed by atoms with van der Waals surface area (Å²) in [4.78, 5) is 31.1. The number of benzene rings is 1. The van der Waals surface area contributed by atoms with Gasteiger partial charge >= 0.3 is 12.1 Å². The van der Waals surface area contributed by atoms with E-state index in [1.807, 2.05) is 0 Å². The number of aromatic nitrogens is 2. The van der Waals surface area contributed by atoms with Crippen LogP contribution in [0.3, 0.4) is 0 Å². The van der Waals surface area contributed by atoms with Gasteiger partial charge in [0.1, 0.15) is 5.82 Å². The van der Waals surface area contributed by atoms with Crippen molar-refractivity contribution >= 4 is 16.9 Å². The minimum absolute atomic E-state index is 0.0408. The molecule has 0 bridgehead atoms. The summed E-state index contributed by atoms with van der Waals surface area (Å²) in [5.41, 5.74) is -1.47. The molecular weight excluding hydrogens is 315 g/mol. The summed E-state index contributed by atoms with van der Waals surface area (Å²) >= 11 is 0. The molecule has 2 rings (SSSR count). The van der Waals surface area contributed by atoms with Crippen LogP contribution in [0.2, 0.25) is 0 Å². The number of H-pyrrole nitrogens is 1. The first-order chi connectivity index (χ1) is 10.7. The lowest BCUT2D eigenvalue weighted by Crippen LogP contribution is -2.28.